The summed E-state index contributed by atoms with van der Waals surface area (Å²) in [4.78, 5) is 12.0. The number of rotatable bonds is 1. The van der Waals surface area contributed by atoms with Gasteiger partial charge in [-0.3, -0.25) is 4.79 Å². The molecule has 2 heteroatoms. The van der Waals surface area contributed by atoms with E-state index in [2.05, 4.69) is 19.1 Å². The fraction of sp³-hybridized carbons (Fsp3) is 0.550. The molecular weight excluding hydrogens is 272 g/mol. The fourth-order valence-corrected chi connectivity index (χ4v) is 5.68. The van der Waals surface area contributed by atoms with Gasteiger partial charge in [-0.1, -0.05) is 19.1 Å². The maximum atomic E-state index is 12.0. The molecular formula is C20H24O2. The predicted octanol–water partition coefficient (Wildman–Crippen LogP) is 4.37. The van der Waals surface area contributed by atoms with E-state index in [1.54, 1.807) is 6.92 Å². The lowest BCUT2D eigenvalue weighted by Gasteiger charge is -2.50. The minimum absolute atomic E-state index is 0.0986. The smallest absolute Gasteiger partial charge is 0.156 e. The molecule has 1 aromatic carbocycles. The molecule has 0 amide bonds. The van der Waals surface area contributed by atoms with Crippen LogP contribution in [0.5, 0.6) is 5.75 Å². The minimum Gasteiger partial charge on any atom is -0.508 e. The van der Waals surface area contributed by atoms with Gasteiger partial charge in [0.15, 0.2) is 5.78 Å². The quantitative estimate of drug-likeness (QED) is 0.835. The first kappa shape index (κ1) is 14.0. The van der Waals surface area contributed by atoms with Crippen LogP contribution in [0.2, 0.25) is 0 Å². The molecule has 4 unspecified atom stereocenters. The molecule has 22 heavy (non-hydrogen) atoms. The number of hydrogen-bond acceptors (Lipinski definition) is 2. The number of carbonyl (C=O) groups is 1. The first-order valence-corrected chi connectivity index (χ1v) is 8.54. The molecule has 4 atom stereocenters. The minimum atomic E-state index is 0.0986. The Morgan fingerprint density at radius 1 is 1.32 bits per heavy atom. The van der Waals surface area contributed by atoms with Crippen molar-refractivity contribution in [2.45, 2.75) is 51.9 Å². The molecule has 116 valence electrons. The molecule has 0 saturated heterocycles. The van der Waals surface area contributed by atoms with Crippen molar-refractivity contribution in [2.75, 3.05) is 0 Å². The van der Waals surface area contributed by atoms with Gasteiger partial charge in [-0.05, 0) is 91.0 Å². The number of hydrogen-bond donors (Lipinski definition) is 1. The second-order valence-electron chi connectivity index (χ2n) is 7.66. The average molecular weight is 296 g/mol. The zero-order valence-electron chi connectivity index (χ0n) is 13.4. The van der Waals surface area contributed by atoms with Crippen LogP contribution in [-0.4, -0.2) is 10.9 Å². The number of ketones is 1. The van der Waals surface area contributed by atoms with Crippen molar-refractivity contribution in [1.82, 2.24) is 0 Å². The van der Waals surface area contributed by atoms with Crippen LogP contribution in [0, 0.1) is 17.3 Å². The highest BCUT2D eigenvalue weighted by Crippen LogP contribution is 2.61. The highest BCUT2D eigenvalue weighted by Gasteiger charge is 2.52. The van der Waals surface area contributed by atoms with E-state index in [0.29, 0.717) is 23.5 Å². The second-order valence-corrected chi connectivity index (χ2v) is 7.66. The lowest BCUT2D eigenvalue weighted by atomic mass is 9.54. The van der Waals surface area contributed by atoms with E-state index in [9.17, 15) is 9.90 Å². The molecule has 2 nitrogen and oxygen atoms in total. The summed E-state index contributed by atoms with van der Waals surface area (Å²) >= 11 is 0. The van der Waals surface area contributed by atoms with Crippen molar-refractivity contribution in [3.8, 4) is 5.75 Å². The van der Waals surface area contributed by atoms with Crippen molar-refractivity contribution in [2.24, 2.45) is 17.3 Å². The van der Waals surface area contributed by atoms with Crippen LogP contribution in [0.1, 0.15) is 56.6 Å². The van der Waals surface area contributed by atoms with Gasteiger partial charge in [0.25, 0.3) is 0 Å². The summed E-state index contributed by atoms with van der Waals surface area (Å²) in [6.45, 7) is 4.05. The number of aryl methyl sites for hydroxylation is 1. The monoisotopic (exact) mass is 296 g/mol. The largest absolute Gasteiger partial charge is 0.508 e. The van der Waals surface area contributed by atoms with Crippen LogP contribution in [0.3, 0.4) is 0 Å². The van der Waals surface area contributed by atoms with Gasteiger partial charge in [0.1, 0.15) is 5.75 Å². The normalized spacial score (nSPS) is 36.1. The van der Waals surface area contributed by atoms with E-state index in [0.717, 1.165) is 24.8 Å². The van der Waals surface area contributed by atoms with Crippen LogP contribution in [-0.2, 0) is 11.2 Å². The maximum absolute atomic E-state index is 12.0. The topological polar surface area (TPSA) is 37.3 Å². The summed E-state index contributed by atoms with van der Waals surface area (Å²) in [5.74, 6) is 2.57. The molecule has 0 bridgehead atoms. The summed E-state index contributed by atoms with van der Waals surface area (Å²) < 4.78 is 0. The summed E-state index contributed by atoms with van der Waals surface area (Å²) in [6, 6.07) is 5.93. The Hall–Kier alpha value is -1.57. The summed E-state index contributed by atoms with van der Waals surface area (Å²) in [5.41, 5.74) is 3.98. The number of carbonyl (C=O) groups excluding carboxylic acids is 1. The van der Waals surface area contributed by atoms with Crippen LogP contribution in [0.25, 0.3) is 0 Å². The molecule has 1 aromatic rings. The molecule has 1 fully saturated rings. The molecule has 0 aliphatic heterocycles. The number of phenols is 1. The van der Waals surface area contributed by atoms with Crippen LogP contribution in [0.4, 0.5) is 0 Å². The first-order chi connectivity index (χ1) is 10.5. The first-order valence-electron chi connectivity index (χ1n) is 8.54. The number of allylic oxidation sites excluding steroid dienone is 2. The molecule has 1 N–H and O–H groups in total. The third-order valence-corrected chi connectivity index (χ3v) is 6.67. The van der Waals surface area contributed by atoms with Crippen molar-refractivity contribution in [1.29, 1.82) is 0 Å². The van der Waals surface area contributed by atoms with Gasteiger partial charge in [-0.25, -0.2) is 0 Å². The highest BCUT2D eigenvalue weighted by atomic mass is 16.3. The molecule has 0 heterocycles. The molecule has 4 rings (SSSR count). The van der Waals surface area contributed by atoms with Crippen molar-refractivity contribution >= 4 is 5.78 Å². The van der Waals surface area contributed by atoms with Crippen molar-refractivity contribution in [3.63, 3.8) is 0 Å². The zero-order chi connectivity index (χ0) is 15.5. The van der Waals surface area contributed by atoms with Gasteiger partial charge >= 0.3 is 0 Å². The van der Waals surface area contributed by atoms with Gasteiger partial charge in [0, 0.05) is 0 Å². The Balaban J connectivity index is 1.70. The van der Waals surface area contributed by atoms with E-state index < -0.39 is 0 Å². The van der Waals surface area contributed by atoms with Crippen LogP contribution < -0.4 is 0 Å². The van der Waals surface area contributed by atoms with Gasteiger partial charge in [0.2, 0.25) is 0 Å². The Bertz CT molecular complexity index is 672. The van der Waals surface area contributed by atoms with E-state index in [1.807, 2.05) is 12.1 Å². The van der Waals surface area contributed by atoms with Gasteiger partial charge < -0.3 is 5.11 Å². The van der Waals surface area contributed by atoms with Gasteiger partial charge in [0.05, 0.1) is 0 Å². The predicted molar refractivity (Wildman–Crippen MR) is 86.9 cm³/mol. The third-order valence-electron chi connectivity index (χ3n) is 6.67. The van der Waals surface area contributed by atoms with Gasteiger partial charge in [-0.15, -0.1) is 0 Å². The second kappa shape index (κ2) is 4.71. The summed E-state index contributed by atoms with van der Waals surface area (Å²) in [5, 5.41) is 9.73. The Morgan fingerprint density at radius 3 is 2.91 bits per heavy atom. The van der Waals surface area contributed by atoms with E-state index in [4.69, 9.17) is 0 Å². The molecule has 0 radical (unpaired) electrons. The summed E-state index contributed by atoms with van der Waals surface area (Å²) in [6.07, 6.45) is 7.83. The molecule has 0 spiro atoms. The average Bonchev–Trinajstić information content (AvgIpc) is 2.84. The Labute approximate surface area is 132 Å². The fourth-order valence-electron chi connectivity index (χ4n) is 5.68. The Morgan fingerprint density at radius 2 is 2.14 bits per heavy atom. The van der Waals surface area contributed by atoms with Crippen molar-refractivity contribution in [3.05, 3.63) is 41.0 Å². The van der Waals surface area contributed by atoms with Crippen LogP contribution >= 0.6 is 0 Å². The van der Waals surface area contributed by atoms with E-state index in [1.165, 1.54) is 24.0 Å². The number of fused-ring (bicyclic) bond motifs is 5. The lowest BCUT2D eigenvalue weighted by Crippen LogP contribution is -2.42. The van der Waals surface area contributed by atoms with E-state index in [-0.39, 0.29) is 11.2 Å². The van der Waals surface area contributed by atoms with Gasteiger partial charge in [-0.2, -0.15) is 0 Å². The third kappa shape index (κ3) is 1.82. The standard InChI is InChI=1S/C20H24O2/c1-12(21)18-7-8-19-17-5-3-13-11-14(22)4-6-15(13)16(17)9-10-20(18,19)2/h4,6-7,11,16-17,19,22H,3,5,8-10H2,1-2H3. The lowest BCUT2D eigenvalue weighted by molar-refractivity contribution is -0.115. The van der Waals surface area contributed by atoms with Crippen molar-refractivity contribution < 1.29 is 9.90 Å². The molecule has 3 aliphatic carbocycles. The Kier molecular flexibility index (Phi) is 3.01. The molecule has 3 aliphatic rings. The molecule has 0 aromatic heterocycles. The number of Topliss-reactive ketones (excluding diaryl/α,β-unsaturated/α-hetero) is 1. The number of aromatic hydroxyl groups is 1. The highest BCUT2D eigenvalue weighted by molar-refractivity contribution is 5.95. The van der Waals surface area contributed by atoms with E-state index >= 15 is 0 Å². The maximum Gasteiger partial charge on any atom is 0.156 e. The zero-order valence-corrected chi connectivity index (χ0v) is 13.4. The summed E-state index contributed by atoms with van der Waals surface area (Å²) in [7, 11) is 0. The SMILES string of the molecule is CC(=O)C1=CCC2C3CCc4cc(O)ccc4C3CCC12C. The molecule has 1 saturated carbocycles. The van der Waals surface area contributed by atoms with Crippen LogP contribution in [0.15, 0.2) is 29.8 Å². The number of phenolic OH excluding ortho intramolecular Hbond substituents is 1. The number of benzene rings is 1.